The zero-order valence-electron chi connectivity index (χ0n) is 18.4. The van der Waals surface area contributed by atoms with Crippen LogP contribution >= 0.6 is 0 Å². The van der Waals surface area contributed by atoms with Crippen molar-refractivity contribution >= 4 is 9.84 Å². The Morgan fingerprint density at radius 2 is 1.78 bits per heavy atom. The van der Waals surface area contributed by atoms with E-state index in [4.69, 9.17) is 0 Å². The van der Waals surface area contributed by atoms with Crippen molar-refractivity contribution in [1.29, 1.82) is 0 Å². The Balaban J connectivity index is 1.77. The molecule has 0 aromatic rings. The topological polar surface area (TPSA) is 40.6 Å². The maximum absolute atomic E-state index is 11.4. The van der Waals surface area contributed by atoms with Gasteiger partial charge in [0, 0.05) is 24.4 Å². The molecule has 1 atom stereocenters. The largest absolute Gasteiger partial charge is 0.302 e. The molecule has 0 radical (unpaired) electrons. The monoisotopic (exact) mass is 400 g/mol. The fourth-order valence-electron chi connectivity index (χ4n) is 5.56. The molecule has 4 nitrogen and oxygen atoms in total. The normalized spacial score (nSPS) is 26.7. The van der Waals surface area contributed by atoms with Gasteiger partial charge in [-0.2, -0.15) is 0 Å². The van der Waals surface area contributed by atoms with E-state index in [1.54, 1.807) is 0 Å². The van der Waals surface area contributed by atoms with E-state index in [0.29, 0.717) is 23.9 Å². The molecule has 160 valence electrons. The van der Waals surface area contributed by atoms with Crippen LogP contribution in [0.4, 0.5) is 0 Å². The lowest BCUT2D eigenvalue weighted by molar-refractivity contribution is 0.00206. The maximum Gasteiger partial charge on any atom is 0.148 e. The van der Waals surface area contributed by atoms with Gasteiger partial charge in [-0.1, -0.05) is 32.6 Å². The van der Waals surface area contributed by atoms with Gasteiger partial charge in [-0.25, -0.2) is 8.42 Å². The molecule has 0 aromatic heterocycles. The van der Waals surface area contributed by atoms with Gasteiger partial charge in [0.15, 0.2) is 0 Å². The van der Waals surface area contributed by atoms with Gasteiger partial charge in [-0.05, 0) is 77.9 Å². The quantitative estimate of drug-likeness (QED) is 0.547. The standard InChI is InChI=1S/C22H44N2O2S/c1-5-12-22(13-6-7-15-24(22)20(2)3)14-8-9-21-10-16-23(17-11-21)18-19-27(4,25)26/h20-21H,5-19H2,1-4H3. The lowest BCUT2D eigenvalue weighted by Crippen LogP contribution is -2.54. The van der Waals surface area contributed by atoms with Crippen LogP contribution in [0.2, 0.25) is 0 Å². The van der Waals surface area contributed by atoms with E-state index in [1.165, 1.54) is 77.0 Å². The average Bonchev–Trinajstić information content (AvgIpc) is 2.61. The van der Waals surface area contributed by atoms with Gasteiger partial charge < -0.3 is 4.90 Å². The number of hydrogen-bond donors (Lipinski definition) is 0. The number of hydrogen-bond acceptors (Lipinski definition) is 4. The van der Waals surface area contributed by atoms with Crippen LogP contribution in [0.25, 0.3) is 0 Å². The van der Waals surface area contributed by atoms with Gasteiger partial charge in [0.2, 0.25) is 0 Å². The van der Waals surface area contributed by atoms with Gasteiger partial charge in [-0.3, -0.25) is 4.90 Å². The highest BCUT2D eigenvalue weighted by molar-refractivity contribution is 7.90. The van der Waals surface area contributed by atoms with Crippen LogP contribution in [-0.2, 0) is 9.84 Å². The van der Waals surface area contributed by atoms with Crippen LogP contribution in [0.1, 0.15) is 85.0 Å². The van der Waals surface area contributed by atoms with Crippen molar-refractivity contribution in [3.05, 3.63) is 0 Å². The molecule has 0 aliphatic carbocycles. The molecule has 2 aliphatic heterocycles. The molecule has 0 amide bonds. The Bertz CT molecular complexity index is 522. The van der Waals surface area contributed by atoms with E-state index < -0.39 is 9.84 Å². The summed E-state index contributed by atoms with van der Waals surface area (Å²) < 4.78 is 22.7. The summed E-state index contributed by atoms with van der Waals surface area (Å²) in [5, 5.41) is 0. The van der Waals surface area contributed by atoms with E-state index in [9.17, 15) is 8.42 Å². The fraction of sp³-hybridized carbons (Fsp3) is 1.00. The minimum atomic E-state index is -2.83. The second-order valence-electron chi connectivity index (χ2n) is 9.53. The summed E-state index contributed by atoms with van der Waals surface area (Å²) >= 11 is 0. The van der Waals surface area contributed by atoms with E-state index in [0.717, 1.165) is 19.0 Å². The van der Waals surface area contributed by atoms with Gasteiger partial charge >= 0.3 is 0 Å². The van der Waals surface area contributed by atoms with Gasteiger partial charge in [0.25, 0.3) is 0 Å². The Labute approximate surface area is 169 Å². The second kappa shape index (κ2) is 10.6. The van der Waals surface area contributed by atoms with Crippen LogP contribution in [0, 0.1) is 5.92 Å². The molecule has 0 N–H and O–H groups in total. The second-order valence-corrected chi connectivity index (χ2v) is 11.8. The molecule has 0 bridgehead atoms. The molecule has 0 spiro atoms. The maximum atomic E-state index is 11.4. The number of sulfone groups is 1. The predicted molar refractivity (Wildman–Crippen MR) is 116 cm³/mol. The Morgan fingerprint density at radius 1 is 1.07 bits per heavy atom. The molecule has 2 aliphatic rings. The molecule has 2 saturated heterocycles. The predicted octanol–water partition coefficient (Wildman–Crippen LogP) is 4.35. The van der Waals surface area contributed by atoms with Crippen molar-refractivity contribution < 1.29 is 8.42 Å². The zero-order valence-corrected chi connectivity index (χ0v) is 19.2. The molecule has 2 rings (SSSR count). The van der Waals surface area contributed by atoms with E-state index in [-0.39, 0.29) is 0 Å². The molecule has 5 heteroatoms. The van der Waals surface area contributed by atoms with Crippen molar-refractivity contribution in [3.8, 4) is 0 Å². The van der Waals surface area contributed by atoms with E-state index in [2.05, 4.69) is 30.6 Å². The SMILES string of the molecule is CCCC1(CCCC2CCN(CCS(C)(=O)=O)CC2)CCCCN1C(C)C. The summed E-state index contributed by atoms with van der Waals surface area (Å²) in [4.78, 5) is 5.17. The van der Waals surface area contributed by atoms with Crippen molar-refractivity contribution in [2.24, 2.45) is 5.92 Å². The summed E-state index contributed by atoms with van der Waals surface area (Å²) in [6.07, 6.45) is 14.7. The minimum Gasteiger partial charge on any atom is -0.302 e. The van der Waals surface area contributed by atoms with Crippen molar-refractivity contribution in [3.63, 3.8) is 0 Å². The highest BCUT2D eigenvalue weighted by Crippen LogP contribution is 2.39. The number of likely N-dealkylation sites (tertiary alicyclic amines) is 2. The van der Waals surface area contributed by atoms with Gasteiger partial charge in [-0.15, -0.1) is 0 Å². The van der Waals surface area contributed by atoms with Crippen molar-refractivity contribution in [2.75, 3.05) is 38.2 Å². The summed E-state index contributed by atoms with van der Waals surface area (Å²) in [5.41, 5.74) is 0.456. The molecular weight excluding hydrogens is 356 g/mol. The smallest absolute Gasteiger partial charge is 0.148 e. The van der Waals surface area contributed by atoms with Gasteiger partial charge in [0.1, 0.15) is 9.84 Å². The average molecular weight is 401 g/mol. The summed E-state index contributed by atoms with van der Waals surface area (Å²) in [6, 6.07) is 0.662. The van der Waals surface area contributed by atoms with Crippen LogP contribution < -0.4 is 0 Å². The first-order chi connectivity index (χ1) is 12.8. The van der Waals surface area contributed by atoms with Crippen LogP contribution in [0.15, 0.2) is 0 Å². The number of piperidine rings is 2. The van der Waals surface area contributed by atoms with Crippen LogP contribution in [0.5, 0.6) is 0 Å². The summed E-state index contributed by atoms with van der Waals surface area (Å²) in [6.45, 7) is 11.3. The van der Waals surface area contributed by atoms with E-state index >= 15 is 0 Å². The Hall–Kier alpha value is -0.130. The highest BCUT2D eigenvalue weighted by Gasteiger charge is 2.38. The molecule has 2 heterocycles. The fourth-order valence-corrected chi connectivity index (χ4v) is 6.15. The minimum absolute atomic E-state index is 0.308. The highest BCUT2D eigenvalue weighted by atomic mass is 32.2. The third-order valence-electron chi connectivity index (χ3n) is 6.98. The van der Waals surface area contributed by atoms with Crippen LogP contribution in [-0.4, -0.2) is 68.0 Å². The third kappa shape index (κ3) is 7.32. The Kier molecular flexibility index (Phi) is 9.08. The molecule has 2 fully saturated rings. The lowest BCUT2D eigenvalue weighted by Gasteiger charge is -2.50. The van der Waals surface area contributed by atoms with E-state index in [1.807, 2.05) is 0 Å². The van der Waals surface area contributed by atoms with Crippen molar-refractivity contribution in [2.45, 2.75) is 96.6 Å². The molecular formula is C22H44N2O2S. The third-order valence-corrected chi connectivity index (χ3v) is 7.90. The molecule has 1 unspecified atom stereocenters. The summed E-state index contributed by atoms with van der Waals surface area (Å²) in [5.74, 6) is 1.15. The van der Waals surface area contributed by atoms with Gasteiger partial charge in [0.05, 0.1) is 5.75 Å². The number of rotatable bonds is 10. The lowest BCUT2D eigenvalue weighted by atomic mass is 9.77. The molecule has 0 aromatic carbocycles. The zero-order chi connectivity index (χ0) is 19.9. The first kappa shape index (κ1) is 23.2. The Morgan fingerprint density at radius 3 is 2.37 bits per heavy atom. The van der Waals surface area contributed by atoms with Crippen molar-refractivity contribution in [1.82, 2.24) is 9.80 Å². The first-order valence-corrected chi connectivity index (χ1v) is 13.5. The summed E-state index contributed by atoms with van der Waals surface area (Å²) in [7, 11) is -2.83. The van der Waals surface area contributed by atoms with Crippen LogP contribution in [0.3, 0.4) is 0 Å². The molecule has 0 saturated carbocycles. The molecule has 27 heavy (non-hydrogen) atoms. The number of nitrogens with zero attached hydrogens (tertiary/aromatic N) is 2. The first-order valence-electron chi connectivity index (χ1n) is 11.4.